The number of rotatable bonds is 6. The van der Waals surface area contributed by atoms with Crippen molar-refractivity contribution in [3.05, 3.63) is 58.0 Å². The topological polar surface area (TPSA) is 84.1 Å². The fourth-order valence-electron chi connectivity index (χ4n) is 1.72. The van der Waals surface area contributed by atoms with E-state index in [0.717, 1.165) is 5.56 Å². The van der Waals surface area contributed by atoms with Crippen molar-refractivity contribution in [1.82, 2.24) is 15.5 Å². The average molecular weight is 309 g/mol. The van der Waals surface area contributed by atoms with Crippen LogP contribution in [-0.2, 0) is 6.42 Å². The Hall–Kier alpha value is -2.77. The number of aromatic amines is 1. The van der Waals surface area contributed by atoms with Crippen LogP contribution in [0.25, 0.3) is 0 Å². The van der Waals surface area contributed by atoms with Crippen molar-refractivity contribution in [3.63, 3.8) is 0 Å². The zero-order chi connectivity index (χ0) is 15.9. The first kappa shape index (κ1) is 15.6. The highest BCUT2D eigenvalue weighted by Gasteiger charge is 2.07. The van der Waals surface area contributed by atoms with E-state index in [9.17, 15) is 18.4 Å². The Bertz CT molecular complexity index is 666. The summed E-state index contributed by atoms with van der Waals surface area (Å²) < 4.78 is 28.2. The van der Waals surface area contributed by atoms with Crippen molar-refractivity contribution in [2.45, 2.75) is 13.0 Å². The molecule has 1 aromatic carbocycles. The smallest absolute Gasteiger partial charge is 0.387 e. The molecule has 0 saturated carbocycles. The van der Waals surface area contributed by atoms with Gasteiger partial charge in [-0.1, -0.05) is 12.1 Å². The fraction of sp³-hybridized carbons (Fsp3) is 0.214. The second-order valence-corrected chi connectivity index (χ2v) is 4.33. The van der Waals surface area contributed by atoms with Gasteiger partial charge in [0.25, 0.3) is 11.5 Å². The van der Waals surface area contributed by atoms with Crippen molar-refractivity contribution in [3.8, 4) is 5.75 Å². The predicted octanol–water partition coefficient (Wildman–Crippen LogP) is 1.34. The first-order valence-electron chi connectivity index (χ1n) is 6.42. The number of aromatic nitrogens is 2. The molecule has 2 rings (SSSR count). The Balaban J connectivity index is 1.82. The molecule has 0 aliphatic heterocycles. The van der Waals surface area contributed by atoms with Crippen LogP contribution in [0.4, 0.5) is 8.78 Å². The Kier molecular flexibility index (Phi) is 5.18. The van der Waals surface area contributed by atoms with Crippen molar-refractivity contribution in [2.24, 2.45) is 0 Å². The molecule has 1 aromatic heterocycles. The van der Waals surface area contributed by atoms with Crippen LogP contribution in [0, 0.1) is 0 Å². The number of benzene rings is 1. The molecule has 0 atom stereocenters. The van der Waals surface area contributed by atoms with Crippen LogP contribution in [0.3, 0.4) is 0 Å². The summed E-state index contributed by atoms with van der Waals surface area (Å²) in [6.07, 6.45) is 0.518. The van der Waals surface area contributed by atoms with Crippen LogP contribution in [0.5, 0.6) is 5.75 Å². The molecule has 0 radical (unpaired) electrons. The van der Waals surface area contributed by atoms with Gasteiger partial charge in [-0.3, -0.25) is 9.59 Å². The number of nitrogens with zero attached hydrogens (tertiary/aromatic N) is 1. The molecule has 1 heterocycles. The molecule has 116 valence electrons. The summed E-state index contributed by atoms with van der Waals surface area (Å²) in [5.41, 5.74) is 0.583. The molecule has 6 nitrogen and oxygen atoms in total. The average Bonchev–Trinajstić information content (AvgIpc) is 2.49. The van der Waals surface area contributed by atoms with Gasteiger partial charge >= 0.3 is 6.61 Å². The molecule has 8 heteroatoms. The van der Waals surface area contributed by atoms with Gasteiger partial charge in [0.2, 0.25) is 0 Å². The van der Waals surface area contributed by atoms with Crippen molar-refractivity contribution >= 4 is 5.91 Å². The SMILES string of the molecule is O=C(NCCc1ccc(OC(F)F)cc1)c1ccc(=O)[nH]n1. The number of ether oxygens (including phenoxy) is 1. The maximum atomic E-state index is 12.0. The molecule has 22 heavy (non-hydrogen) atoms. The van der Waals surface area contributed by atoms with E-state index in [1.54, 1.807) is 12.1 Å². The predicted molar refractivity (Wildman–Crippen MR) is 74.0 cm³/mol. The number of amides is 1. The third kappa shape index (κ3) is 4.65. The highest BCUT2D eigenvalue weighted by atomic mass is 19.3. The van der Waals surface area contributed by atoms with Gasteiger partial charge in [0.05, 0.1) is 0 Å². The van der Waals surface area contributed by atoms with Gasteiger partial charge in [-0.25, -0.2) is 5.10 Å². The fourth-order valence-corrected chi connectivity index (χ4v) is 1.72. The minimum Gasteiger partial charge on any atom is -0.435 e. The van der Waals surface area contributed by atoms with Crippen LogP contribution >= 0.6 is 0 Å². The van der Waals surface area contributed by atoms with E-state index in [1.807, 2.05) is 0 Å². The Morgan fingerprint density at radius 3 is 2.55 bits per heavy atom. The van der Waals surface area contributed by atoms with Gasteiger partial charge in [0.1, 0.15) is 11.4 Å². The molecule has 0 aliphatic carbocycles. The minimum absolute atomic E-state index is 0.0835. The molecule has 0 spiro atoms. The summed E-state index contributed by atoms with van der Waals surface area (Å²) in [6.45, 7) is -2.51. The van der Waals surface area contributed by atoms with Gasteiger partial charge in [-0.15, -0.1) is 0 Å². The lowest BCUT2D eigenvalue weighted by molar-refractivity contribution is -0.0498. The van der Waals surface area contributed by atoms with Gasteiger partial charge in [-0.05, 0) is 30.2 Å². The molecular formula is C14H13F2N3O3. The largest absolute Gasteiger partial charge is 0.435 e. The monoisotopic (exact) mass is 309 g/mol. The molecular weight excluding hydrogens is 296 g/mol. The number of carbonyl (C=O) groups excluding carboxylic acids is 1. The molecule has 0 aliphatic rings. The van der Waals surface area contributed by atoms with Crippen molar-refractivity contribution < 1.29 is 18.3 Å². The number of alkyl halides is 2. The van der Waals surface area contributed by atoms with E-state index >= 15 is 0 Å². The second-order valence-electron chi connectivity index (χ2n) is 4.33. The number of H-pyrrole nitrogens is 1. The van der Waals surface area contributed by atoms with Crippen molar-refractivity contribution in [1.29, 1.82) is 0 Å². The maximum Gasteiger partial charge on any atom is 0.387 e. The summed E-state index contributed by atoms with van der Waals surface area (Å²) in [5, 5.41) is 8.41. The number of nitrogens with one attached hydrogen (secondary N) is 2. The highest BCUT2D eigenvalue weighted by Crippen LogP contribution is 2.14. The van der Waals surface area contributed by atoms with E-state index < -0.39 is 12.5 Å². The van der Waals surface area contributed by atoms with Crippen molar-refractivity contribution in [2.75, 3.05) is 6.54 Å². The van der Waals surface area contributed by atoms with Gasteiger partial charge in [0, 0.05) is 12.6 Å². The van der Waals surface area contributed by atoms with Gasteiger partial charge in [0.15, 0.2) is 0 Å². The normalized spacial score (nSPS) is 10.5. The van der Waals surface area contributed by atoms with E-state index in [4.69, 9.17) is 0 Å². The molecule has 0 fully saturated rings. The maximum absolute atomic E-state index is 12.0. The third-order valence-electron chi connectivity index (χ3n) is 2.76. The van der Waals surface area contributed by atoms with Gasteiger partial charge < -0.3 is 10.1 Å². The van der Waals surface area contributed by atoms with Crippen LogP contribution in [0.2, 0.25) is 0 Å². The number of halogens is 2. The quantitative estimate of drug-likeness (QED) is 0.843. The number of carbonyl (C=O) groups is 1. The van der Waals surface area contributed by atoms with Crippen LogP contribution in [0.15, 0.2) is 41.2 Å². The minimum atomic E-state index is -2.85. The first-order valence-corrected chi connectivity index (χ1v) is 6.42. The first-order chi connectivity index (χ1) is 10.5. The Morgan fingerprint density at radius 2 is 1.95 bits per heavy atom. The summed E-state index contributed by atoms with van der Waals surface area (Å²) in [4.78, 5) is 22.6. The molecule has 2 aromatic rings. The summed E-state index contributed by atoms with van der Waals surface area (Å²) in [5.74, 6) is -0.325. The lowest BCUT2D eigenvalue weighted by Gasteiger charge is -2.07. The summed E-state index contributed by atoms with van der Waals surface area (Å²) in [7, 11) is 0. The van der Waals surface area contributed by atoms with Crippen LogP contribution < -0.4 is 15.6 Å². The second kappa shape index (κ2) is 7.30. The summed E-state index contributed by atoms with van der Waals surface area (Å²) >= 11 is 0. The number of hydrogen-bond donors (Lipinski definition) is 2. The Morgan fingerprint density at radius 1 is 1.23 bits per heavy atom. The van der Waals surface area contributed by atoms with Gasteiger partial charge in [-0.2, -0.15) is 13.9 Å². The Labute approximate surface area is 124 Å². The lowest BCUT2D eigenvalue weighted by Crippen LogP contribution is -2.27. The van der Waals surface area contributed by atoms with E-state index in [0.29, 0.717) is 13.0 Å². The lowest BCUT2D eigenvalue weighted by atomic mass is 10.1. The summed E-state index contributed by atoms with van der Waals surface area (Å²) in [6, 6.07) is 8.69. The van der Waals surface area contributed by atoms with E-state index in [2.05, 4.69) is 20.3 Å². The third-order valence-corrected chi connectivity index (χ3v) is 2.76. The molecule has 2 N–H and O–H groups in total. The molecule has 0 saturated heterocycles. The standard InChI is InChI=1S/C14H13F2N3O3/c15-14(16)22-10-3-1-9(2-4-10)7-8-17-13(21)11-5-6-12(20)19-18-11/h1-6,14H,7-8H2,(H,17,21)(H,19,20). The zero-order valence-corrected chi connectivity index (χ0v) is 11.4. The van der Waals surface area contributed by atoms with E-state index in [-0.39, 0.29) is 17.0 Å². The zero-order valence-electron chi connectivity index (χ0n) is 11.4. The highest BCUT2D eigenvalue weighted by molar-refractivity contribution is 5.91. The molecule has 0 unspecified atom stereocenters. The number of hydrogen-bond acceptors (Lipinski definition) is 4. The van der Waals surface area contributed by atoms with Crippen LogP contribution in [0.1, 0.15) is 16.1 Å². The molecule has 0 bridgehead atoms. The van der Waals surface area contributed by atoms with E-state index in [1.165, 1.54) is 24.3 Å². The molecule has 1 amide bonds. The van der Waals surface area contributed by atoms with Crippen LogP contribution in [-0.4, -0.2) is 29.3 Å².